The summed E-state index contributed by atoms with van der Waals surface area (Å²) in [7, 11) is -2.81. The molecule has 3 nitrogen and oxygen atoms in total. The summed E-state index contributed by atoms with van der Waals surface area (Å²) in [5, 5.41) is 3.26. The summed E-state index contributed by atoms with van der Waals surface area (Å²) in [5.41, 5.74) is 0.428. The predicted molar refractivity (Wildman–Crippen MR) is 54.5 cm³/mol. The second-order valence-electron chi connectivity index (χ2n) is 4.46. The summed E-state index contributed by atoms with van der Waals surface area (Å²) in [5.74, 6) is 0.243. The number of hydrogen-bond acceptors (Lipinski definition) is 3. The Kier molecular flexibility index (Phi) is 3.02. The summed E-state index contributed by atoms with van der Waals surface area (Å²) in [6.45, 7) is 4.95. The van der Waals surface area contributed by atoms with Crippen molar-refractivity contribution in [1.29, 1.82) is 0 Å². The first-order valence-electron chi connectivity index (χ1n) is 4.75. The summed E-state index contributed by atoms with van der Waals surface area (Å²) in [6, 6.07) is 0.439. The highest BCUT2D eigenvalue weighted by Gasteiger charge is 2.42. The molecule has 0 aromatic rings. The van der Waals surface area contributed by atoms with Gasteiger partial charge in [0.15, 0.2) is 0 Å². The van der Waals surface area contributed by atoms with Crippen molar-refractivity contribution in [3.63, 3.8) is 0 Å². The number of sulfone groups is 1. The van der Waals surface area contributed by atoms with E-state index in [2.05, 4.69) is 19.2 Å². The van der Waals surface area contributed by atoms with Gasteiger partial charge in [-0.25, -0.2) is 8.42 Å². The van der Waals surface area contributed by atoms with E-state index >= 15 is 0 Å². The minimum absolute atomic E-state index is 0.243. The molecule has 0 aliphatic heterocycles. The van der Waals surface area contributed by atoms with Crippen molar-refractivity contribution in [2.75, 3.05) is 18.6 Å². The van der Waals surface area contributed by atoms with Gasteiger partial charge in [0.25, 0.3) is 0 Å². The fraction of sp³-hybridized carbons (Fsp3) is 1.00. The fourth-order valence-corrected chi connectivity index (χ4v) is 1.83. The van der Waals surface area contributed by atoms with E-state index in [0.29, 0.717) is 18.0 Å². The molecule has 0 spiro atoms. The van der Waals surface area contributed by atoms with E-state index in [1.165, 1.54) is 19.1 Å². The number of hydrogen-bond donors (Lipinski definition) is 1. The largest absolute Gasteiger partial charge is 0.313 e. The number of rotatable bonds is 5. The van der Waals surface area contributed by atoms with Gasteiger partial charge in [0.1, 0.15) is 9.84 Å². The van der Waals surface area contributed by atoms with E-state index < -0.39 is 9.84 Å². The maximum absolute atomic E-state index is 10.8. The first-order valence-corrected chi connectivity index (χ1v) is 6.81. The first-order chi connectivity index (χ1) is 5.83. The van der Waals surface area contributed by atoms with E-state index in [1.54, 1.807) is 0 Å². The molecule has 0 heterocycles. The molecule has 1 saturated carbocycles. The summed E-state index contributed by atoms with van der Waals surface area (Å²) in [4.78, 5) is 0. The molecule has 0 aromatic heterocycles. The zero-order valence-electron chi connectivity index (χ0n) is 8.63. The van der Waals surface area contributed by atoms with Crippen molar-refractivity contribution in [2.45, 2.75) is 32.7 Å². The Balaban J connectivity index is 2.20. The summed E-state index contributed by atoms with van der Waals surface area (Å²) < 4.78 is 21.7. The van der Waals surface area contributed by atoms with Gasteiger partial charge >= 0.3 is 0 Å². The van der Waals surface area contributed by atoms with Gasteiger partial charge in [0, 0.05) is 18.8 Å². The third-order valence-electron chi connectivity index (χ3n) is 3.01. The molecule has 78 valence electrons. The molecule has 1 aliphatic rings. The highest BCUT2D eigenvalue weighted by Crippen LogP contribution is 2.47. The normalized spacial score (nSPS) is 22.7. The highest BCUT2D eigenvalue weighted by atomic mass is 32.2. The molecule has 13 heavy (non-hydrogen) atoms. The predicted octanol–water partition coefficient (Wildman–Crippen LogP) is 0.809. The van der Waals surface area contributed by atoms with Crippen molar-refractivity contribution in [1.82, 2.24) is 5.32 Å². The van der Waals surface area contributed by atoms with Gasteiger partial charge in [-0.1, -0.05) is 6.92 Å². The molecule has 1 unspecified atom stereocenters. The molecule has 1 fully saturated rings. The Hall–Kier alpha value is -0.0900. The lowest BCUT2D eigenvalue weighted by Gasteiger charge is -2.19. The zero-order valence-corrected chi connectivity index (χ0v) is 9.45. The minimum Gasteiger partial charge on any atom is -0.313 e. The Morgan fingerprint density at radius 2 is 2.00 bits per heavy atom. The lowest BCUT2D eigenvalue weighted by molar-refractivity contribution is 0.389. The average Bonchev–Trinajstić information content (AvgIpc) is 2.66. The lowest BCUT2D eigenvalue weighted by Crippen LogP contribution is -2.36. The molecule has 1 N–H and O–H groups in total. The Labute approximate surface area is 80.8 Å². The van der Waals surface area contributed by atoms with Crippen molar-refractivity contribution in [3.8, 4) is 0 Å². The van der Waals surface area contributed by atoms with Gasteiger partial charge in [0.2, 0.25) is 0 Å². The molecule has 0 radical (unpaired) electrons. The third kappa shape index (κ3) is 3.65. The van der Waals surface area contributed by atoms with Crippen LogP contribution in [0.3, 0.4) is 0 Å². The van der Waals surface area contributed by atoms with E-state index in [0.717, 1.165) is 0 Å². The van der Waals surface area contributed by atoms with Crippen molar-refractivity contribution in [3.05, 3.63) is 0 Å². The van der Waals surface area contributed by atoms with E-state index in [1.807, 2.05) is 0 Å². The Morgan fingerprint density at radius 1 is 1.46 bits per heavy atom. The van der Waals surface area contributed by atoms with Crippen LogP contribution in [0.25, 0.3) is 0 Å². The Bertz CT molecular complexity index is 267. The van der Waals surface area contributed by atoms with Crippen LogP contribution in [-0.2, 0) is 9.84 Å². The highest BCUT2D eigenvalue weighted by molar-refractivity contribution is 7.90. The standard InChI is InChI=1S/C9H19NO2S/c1-8(9(2)4-5-9)10-6-7-13(3,11)12/h8,10H,4-7H2,1-3H3. The van der Waals surface area contributed by atoms with Crippen LogP contribution in [0.4, 0.5) is 0 Å². The topological polar surface area (TPSA) is 46.2 Å². The average molecular weight is 205 g/mol. The summed E-state index contributed by atoms with van der Waals surface area (Å²) in [6.07, 6.45) is 3.80. The van der Waals surface area contributed by atoms with Crippen LogP contribution in [0.1, 0.15) is 26.7 Å². The quantitative estimate of drug-likeness (QED) is 0.722. The van der Waals surface area contributed by atoms with Gasteiger partial charge in [-0.15, -0.1) is 0 Å². The van der Waals surface area contributed by atoms with Crippen LogP contribution in [0.5, 0.6) is 0 Å². The number of nitrogens with one attached hydrogen (secondary N) is 1. The van der Waals surface area contributed by atoms with Crippen molar-refractivity contribution in [2.24, 2.45) is 5.41 Å². The first kappa shape index (κ1) is 11.0. The van der Waals surface area contributed by atoms with Gasteiger partial charge in [0.05, 0.1) is 5.75 Å². The fourth-order valence-electron chi connectivity index (χ4n) is 1.34. The second kappa shape index (κ2) is 3.58. The molecule has 1 rings (SSSR count). The molecule has 0 bridgehead atoms. The maximum Gasteiger partial charge on any atom is 0.148 e. The molecule has 1 aliphatic carbocycles. The van der Waals surface area contributed by atoms with E-state index in [4.69, 9.17) is 0 Å². The molecular weight excluding hydrogens is 186 g/mol. The molecule has 0 amide bonds. The Morgan fingerprint density at radius 3 is 2.38 bits per heavy atom. The second-order valence-corrected chi connectivity index (χ2v) is 6.72. The maximum atomic E-state index is 10.8. The van der Waals surface area contributed by atoms with Crippen LogP contribution in [-0.4, -0.2) is 33.0 Å². The van der Waals surface area contributed by atoms with Gasteiger partial charge in [-0.05, 0) is 25.2 Å². The summed E-state index contributed by atoms with van der Waals surface area (Å²) >= 11 is 0. The molecule has 1 atom stereocenters. The smallest absolute Gasteiger partial charge is 0.148 e. The minimum atomic E-state index is -2.81. The zero-order chi connectivity index (χ0) is 10.1. The molecule has 4 heteroatoms. The van der Waals surface area contributed by atoms with Gasteiger partial charge in [-0.2, -0.15) is 0 Å². The van der Waals surface area contributed by atoms with Crippen molar-refractivity contribution < 1.29 is 8.42 Å². The lowest BCUT2D eigenvalue weighted by atomic mass is 10.0. The monoisotopic (exact) mass is 205 g/mol. The van der Waals surface area contributed by atoms with Gasteiger partial charge in [-0.3, -0.25) is 0 Å². The van der Waals surface area contributed by atoms with E-state index in [9.17, 15) is 8.42 Å². The van der Waals surface area contributed by atoms with Gasteiger partial charge < -0.3 is 5.32 Å². The van der Waals surface area contributed by atoms with E-state index in [-0.39, 0.29) is 5.75 Å². The third-order valence-corrected chi connectivity index (χ3v) is 3.95. The van der Waals surface area contributed by atoms with Crippen LogP contribution in [0.2, 0.25) is 0 Å². The van der Waals surface area contributed by atoms with Crippen LogP contribution in [0, 0.1) is 5.41 Å². The molecule has 0 aromatic carbocycles. The SMILES string of the molecule is CC(NCCS(C)(=O)=O)C1(C)CC1. The molecule has 0 saturated heterocycles. The van der Waals surface area contributed by atoms with Crippen LogP contribution < -0.4 is 5.32 Å². The van der Waals surface area contributed by atoms with Crippen LogP contribution >= 0.6 is 0 Å². The van der Waals surface area contributed by atoms with Crippen molar-refractivity contribution >= 4 is 9.84 Å². The molecular formula is C9H19NO2S. The van der Waals surface area contributed by atoms with Crippen LogP contribution in [0.15, 0.2) is 0 Å².